The minimum absolute atomic E-state index is 0.686. The highest BCUT2D eigenvalue weighted by Crippen LogP contribution is 2.58. The molecule has 0 unspecified atom stereocenters. The SMILES string of the molecule is NCc1c2c(nn1C1C3CC4CC(C3)CC1C4)CCC2. The van der Waals surface area contributed by atoms with E-state index in [0.717, 1.165) is 23.7 Å². The summed E-state index contributed by atoms with van der Waals surface area (Å²) in [6.07, 6.45) is 11.1. The topological polar surface area (TPSA) is 43.8 Å². The average Bonchev–Trinajstić information content (AvgIpc) is 2.97. The lowest BCUT2D eigenvalue weighted by molar-refractivity contribution is -0.0348. The summed E-state index contributed by atoms with van der Waals surface area (Å²) in [6.45, 7) is 0.686. The van der Waals surface area contributed by atoms with E-state index in [0.29, 0.717) is 12.6 Å². The largest absolute Gasteiger partial charge is 0.325 e. The quantitative estimate of drug-likeness (QED) is 0.899. The maximum Gasteiger partial charge on any atom is 0.0660 e. The van der Waals surface area contributed by atoms with Crippen LogP contribution < -0.4 is 5.73 Å². The predicted molar refractivity (Wildman–Crippen MR) is 78.2 cm³/mol. The number of fused-ring (bicyclic) bond motifs is 1. The summed E-state index contributed by atoms with van der Waals surface area (Å²) in [5, 5.41) is 5.04. The van der Waals surface area contributed by atoms with Crippen LogP contribution in [0.25, 0.3) is 0 Å². The van der Waals surface area contributed by atoms with E-state index in [1.54, 1.807) is 0 Å². The Morgan fingerprint density at radius 1 is 1.00 bits per heavy atom. The molecule has 1 aromatic heterocycles. The van der Waals surface area contributed by atoms with Gasteiger partial charge in [-0.05, 0) is 80.6 Å². The summed E-state index contributed by atoms with van der Waals surface area (Å²) >= 11 is 0. The van der Waals surface area contributed by atoms with Gasteiger partial charge in [-0.25, -0.2) is 0 Å². The van der Waals surface area contributed by atoms with E-state index in [1.807, 2.05) is 0 Å². The lowest BCUT2D eigenvalue weighted by atomic mass is 9.54. The maximum absolute atomic E-state index is 6.10. The van der Waals surface area contributed by atoms with Gasteiger partial charge in [0, 0.05) is 6.54 Å². The standard InChI is InChI=1S/C17H25N3/c18-9-16-14-2-1-3-15(14)19-20(16)17-12-5-10-4-11(7-12)8-13(17)6-10/h10-13,17H,1-9,18H2. The van der Waals surface area contributed by atoms with Gasteiger partial charge in [-0.2, -0.15) is 5.10 Å². The van der Waals surface area contributed by atoms with E-state index in [1.165, 1.54) is 68.3 Å². The molecule has 3 nitrogen and oxygen atoms in total. The number of rotatable bonds is 2. The Hall–Kier alpha value is -0.830. The van der Waals surface area contributed by atoms with E-state index in [-0.39, 0.29) is 0 Å². The van der Waals surface area contributed by atoms with Crippen LogP contribution in [0.1, 0.15) is 61.5 Å². The second-order valence-corrected chi connectivity index (χ2v) is 7.80. The minimum atomic E-state index is 0.686. The van der Waals surface area contributed by atoms with Crippen molar-refractivity contribution in [2.24, 2.45) is 29.4 Å². The molecule has 0 radical (unpaired) electrons. The molecule has 108 valence electrons. The highest BCUT2D eigenvalue weighted by Gasteiger charge is 2.49. The summed E-state index contributed by atoms with van der Waals surface area (Å²) in [5.41, 5.74) is 10.4. The number of nitrogens with two attached hydrogens (primary N) is 1. The van der Waals surface area contributed by atoms with Gasteiger partial charge in [0.05, 0.1) is 17.4 Å². The molecule has 0 aliphatic heterocycles. The van der Waals surface area contributed by atoms with Crippen LogP contribution in [0.4, 0.5) is 0 Å². The first-order valence-electron chi connectivity index (χ1n) is 8.62. The van der Waals surface area contributed by atoms with Gasteiger partial charge in [0.15, 0.2) is 0 Å². The zero-order valence-electron chi connectivity index (χ0n) is 12.2. The van der Waals surface area contributed by atoms with Gasteiger partial charge in [0.1, 0.15) is 0 Å². The molecule has 4 bridgehead atoms. The third-order valence-corrected chi connectivity index (χ3v) is 6.69. The third-order valence-electron chi connectivity index (χ3n) is 6.69. The predicted octanol–water partition coefficient (Wildman–Crippen LogP) is 2.83. The minimum Gasteiger partial charge on any atom is -0.325 e. The van der Waals surface area contributed by atoms with E-state index in [9.17, 15) is 0 Å². The summed E-state index contributed by atoms with van der Waals surface area (Å²) in [6, 6.07) is 0.687. The molecule has 0 spiro atoms. The molecule has 1 heterocycles. The monoisotopic (exact) mass is 271 g/mol. The fraction of sp³-hybridized carbons (Fsp3) is 0.824. The Bertz CT molecular complexity index is 517. The van der Waals surface area contributed by atoms with Crippen molar-refractivity contribution in [1.82, 2.24) is 9.78 Å². The molecule has 5 aliphatic carbocycles. The zero-order chi connectivity index (χ0) is 13.3. The van der Waals surface area contributed by atoms with Gasteiger partial charge in [-0.3, -0.25) is 4.68 Å². The molecule has 0 atom stereocenters. The number of aromatic nitrogens is 2. The molecule has 6 rings (SSSR count). The number of hydrogen-bond donors (Lipinski definition) is 1. The van der Waals surface area contributed by atoms with Gasteiger partial charge < -0.3 is 5.73 Å². The van der Waals surface area contributed by atoms with Gasteiger partial charge in [-0.15, -0.1) is 0 Å². The molecule has 1 aromatic rings. The van der Waals surface area contributed by atoms with E-state index in [2.05, 4.69) is 4.68 Å². The fourth-order valence-electron chi connectivity index (χ4n) is 6.24. The van der Waals surface area contributed by atoms with Crippen molar-refractivity contribution in [2.45, 2.75) is 64.0 Å². The van der Waals surface area contributed by atoms with Crippen LogP contribution in [-0.2, 0) is 19.4 Å². The molecule has 4 saturated carbocycles. The summed E-state index contributed by atoms with van der Waals surface area (Å²) < 4.78 is 2.43. The zero-order valence-corrected chi connectivity index (χ0v) is 12.2. The van der Waals surface area contributed by atoms with Crippen LogP contribution in [0.3, 0.4) is 0 Å². The second kappa shape index (κ2) is 4.09. The van der Waals surface area contributed by atoms with E-state index in [4.69, 9.17) is 10.8 Å². The Kier molecular flexibility index (Phi) is 2.41. The smallest absolute Gasteiger partial charge is 0.0660 e. The maximum atomic E-state index is 6.10. The molecular formula is C17H25N3. The number of nitrogens with zero attached hydrogens (tertiary/aromatic N) is 2. The second-order valence-electron chi connectivity index (χ2n) is 7.80. The molecule has 5 aliphatic rings. The highest BCUT2D eigenvalue weighted by molar-refractivity contribution is 5.31. The normalized spacial score (nSPS) is 41.4. The van der Waals surface area contributed by atoms with Crippen molar-refractivity contribution in [2.75, 3.05) is 0 Å². The van der Waals surface area contributed by atoms with Gasteiger partial charge in [0.2, 0.25) is 0 Å². The Labute approximate surface area is 120 Å². The van der Waals surface area contributed by atoms with Crippen molar-refractivity contribution < 1.29 is 0 Å². The highest BCUT2D eigenvalue weighted by atomic mass is 15.3. The van der Waals surface area contributed by atoms with Crippen LogP contribution >= 0.6 is 0 Å². The number of aryl methyl sites for hydroxylation is 1. The lowest BCUT2D eigenvalue weighted by Gasteiger charge is -2.54. The molecule has 0 saturated heterocycles. The molecule has 0 amide bonds. The average molecular weight is 271 g/mol. The Morgan fingerprint density at radius 2 is 1.70 bits per heavy atom. The van der Waals surface area contributed by atoms with Crippen LogP contribution in [0.5, 0.6) is 0 Å². The van der Waals surface area contributed by atoms with Crippen LogP contribution in [0, 0.1) is 23.7 Å². The van der Waals surface area contributed by atoms with Crippen molar-refractivity contribution >= 4 is 0 Å². The van der Waals surface area contributed by atoms with E-state index >= 15 is 0 Å². The first kappa shape index (κ1) is 11.8. The van der Waals surface area contributed by atoms with Crippen molar-refractivity contribution in [3.63, 3.8) is 0 Å². The van der Waals surface area contributed by atoms with Crippen molar-refractivity contribution in [1.29, 1.82) is 0 Å². The van der Waals surface area contributed by atoms with Crippen LogP contribution in [0.2, 0.25) is 0 Å². The van der Waals surface area contributed by atoms with Gasteiger partial charge in [0.25, 0.3) is 0 Å². The van der Waals surface area contributed by atoms with Crippen LogP contribution in [-0.4, -0.2) is 9.78 Å². The van der Waals surface area contributed by atoms with Gasteiger partial charge in [-0.1, -0.05) is 0 Å². The number of hydrogen-bond acceptors (Lipinski definition) is 2. The Morgan fingerprint density at radius 3 is 2.35 bits per heavy atom. The van der Waals surface area contributed by atoms with E-state index < -0.39 is 0 Å². The summed E-state index contributed by atoms with van der Waals surface area (Å²) in [5.74, 6) is 3.88. The third kappa shape index (κ3) is 1.47. The molecule has 2 N–H and O–H groups in total. The first-order valence-corrected chi connectivity index (χ1v) is 8.62. The van der Waals surface area contributed by atoms with Crippen LogP contribution in [0.15, 0.2) is 0 Å². The summed E-state index contributed by atoms with van der Waals surface area (Å²) in [4.78, 5) is 0. The molecule has 20 heavy (non-hydrogen) atoms. The molecule has 3 heteroatoms. The lowest BCUT2D eigenvalue weighted by Crippen LogP contribution is -2.46. The molecule has 4 fully saturated rings. The first-order chi connectivity index (χ1) is 9.83. The summed E-state index contributed by atoms with van der Waals surface area (Å²) in [7, 11) is 0. The van der Waals surface area contributed by atoms with Crippen molar-refractivity contribution in [3.8, 4) is 0 Å². The fourth-order valence-corrected chi connectivity index (χ4v) is 6.24. The Balaban J connectivity index is 1.57. The van der Waals surface area contributed by atoms with Crippen molar-refractivity contribution in [3.05, 3.63) is 17.0 Å². The van der Waals surface area contributed by atoms with Gasteiger partial charge >= 0.3 is 0 Å². The molecular weight excluding hydrogens is 246 g/mol. The molecule has 0 aromatic carbocycles.